The maximum atomic E-state index is 13.2. The number of aromatic nitrogens is 2. The summed E-state index contributed by atoms with van der Waals surface area (Å²) in [5.74, 6) is -2.81. The molecule has 2 N–H and O–H groups in total. The fraction of sp³-hybridized carbons (Fsp3) is 0.261. The van der Waals surface area contributed by atoms with Crippen molar-refractivity contribution in [3.8, 4) is 5.69 Å². The molecule has 0 radical (unpaired) electrons. The molecule has 9 heteroatoms. The number of thioether (sulfide) groups is 1. The summed E-state index contributed by atoms with van der Waals surface area (Å²) in [5.41, 5.74) is 3.40. The summed E-state index contributed by atoms with van der Waals surface area (Å²) in [6, 6.07) is 13.0. The molecule has 1 aliphatic rings. The van der Waals surface area contributed by atoms with Crippen LogP contribution in [0, 0.1) is 11.6 Å². The predicted octanol–water partition coefficient (Wildman–Crippen LogP) is 3.88. The molecule has 2 aromatic carbocycles. The summed E-state index contributed by atoms with van der Waals surface area (Å²) in [6.07, 6.45) is 4.10. The number of carbonyl (C=O) groups is 2. The summed E-state index contributed by atoms with van der Waals surface area (Å²) < 4.78 is 28.3. The highest BCUT2D eigenvalue weighted by Crippen LogP contribution is 2.30. The first-order valence-electron chi connectivity index (χ1n) is 10.3. The molecule has 166 valence electrons. The van der Waals surface area contributed by atoms with E-state index < -0.39 is 17.5 Å². The summed E-state index contributed by atoms with van der Waals surface area (Å²) in [4.78, 5) is 29.1. The highest BCUT2D eigenvalue weighted by Gasteiger charge is 2.22. The second-order valence-corrected chi connectivity index (χ2v) is 8.35. The van der Waals surface area contributed by atoms with Crippen LogP contribution < -0.4 is 10.6 Å². The Hall–Kier alpha value is -3.20. The van der Waals surface area contributed by atoms with Crippen molar-refractivity contribution in [1.29, 1.82) is 0 Å². The molecule has 0 fully saturated rings. The second kappa shape index (κ2) is 9.95. The number of para-hydroxylation sites is 1. The van der Waals surface area contributed by atoms with Crippen LogP contribution in [0.3, 0.4) is 0 Å². The van der Waals surface area contributed by atoms with Gasteiger partial charge in [0, 0.05) is 23.1 Å². The molecule has 1 aromatic heterocycles. The van der Waals surface area contributed by atoms with Gasteiger partial charge in [0.15, 0.2) is 16.8 Å². The van der Waals surface area contributed by atoms with E-state index in [2.05, 4.69) is 15.2 Å². The van der Waals surface area contributed by atoms with Gasteiger partial charge in [-0.05, 0) is 49.9 Å². The number of imidazole rings is 1. The third-order valence-electron chi connectivity index (χ3n) is 5.10. The molecule has 0 saturated carbocycles. The van der Waals surface area contributed by atoms with E-state index >= 15 is 0 Å². The molecular formula is C23H22F2N4O2S. The fourth-order valence-corrected chi connectivity index (χ4v) is 4.48. The van der Waals surface area contributed by atoms with Crippen molar-refractivity contribution in [3.63, 3.8) is 0 Å². The third-order valence-corrected chi connectivity index (χ3v) is 6.04. The van der Waals surface area contributed by atoms with Crippen molar-refractivity contribution in [2.24, 2.45) is 0 Å². The molecule has 3 aromatic rings. The first-order chi connectivity index (χ1) is 15.5. The Kier molecular flexibility index (Phi) is 6.84. The van der Waals surface area contributed by atoms with E-state index in [0.717, 1.165) is 54.4 Å². The topological polar surface area (TPSA) is 76.0 Å². The molecule has 0 aliphatic heterocycles. The zero-order chi connectivity index (χ0) is 22.5. The standard InChI is InChI=1S/C23H22F2N4O2S/c24-17-11-10-15(12-18(17)25)27-21(30)13-26-22(31)14-32-23-28-19-8-4-5-9-20(19)29(23)16-6-2-1-3-7-16/h1-3,6-7,10-12H,4-5,8-9,13-14H2,(H,26,31)(H,27,30). The minimum absolute atomic E-state index is 0.0984. The number of halogens is 2. The van der Waals surface area contributed by atoms with Crippen LogP contribution in [0.4, 0.5) is 14.5 Å². The van der Waals surface area contributed by atoms with Crippen molar-refractivity contribution in [2.45, 2.75) is 30.8 Å². The van der Waals surface area contributed by atoms with Gasteiger partial charge in [-0.2, -0.15) is 0 Å². The Morgan fingerprint density at radius 3 is 2.56 bits per heavy atom. The summed E-state index contributed by atoms with van der Waals surface area (Å²) in [7, 11) is 0. The lowest BCUT2D eigenvalue weighted by Crippen LogP contribution is -2.34. The minimum atomic E-state index is -1.06. The molecule has 0 bridgehead atoms. The number of rotatable bonds is 7. The molecule has 0 spiro atoms. The molecular weight excluding hydrogens is 434 g/mol. The molecule has 4 rings (SSSR count). The van der Waals surface area contributed by atoms with Gasteiger partial charge in [-0.25, -0.2) is 13.8 Å². The van der Waals surface area contributed by atoms with Gasteiger partial charge in [-0.3, -0.25) is 14.2 Å². The number of hydrogen-bond donors (Lipinski definition) is 2. The van der Waals surface area contributed by atoms with Crippen molar-refractivity contribution in [1.82, 2.24) is 14.9 Å². The van der Waals surface area contributed by atoms with Gasteiger partial charge in [-0.15, -0.1) is 0 Å². The van der Waals surface area contributed by atoms with Crippen molar-refractivity contribution in [2.75, 3.05) is 17.6 Å². The third kappa shape index (κ3) is 5.16. The quantitative estimate of drug-likeness (QED) is 0.529. The largest absolute Gasteiger partial charge is 0.346 e. The van der Waals surface area contributed by atoms with Gasteiger partial charge >= 0.3 is 0 Å². The number of nitrogens with zero attached hydrogens (tertiary/aromatic N) is 2. The Balaban J connectivity index is 1.35. The van der Waals surface area contributed by atoms with Crippen LogP contribution >= 0.6 is 11.8 Å². The number of benzene rings is 2. The highest BCUT2D eigenvalue weighted by molar-refractivity contribution is 7.99. The molecule has 2 amide bonds. The van der Waals surface area contributed by atoms with E-state index in [1.165, 1.54) is 23.5 Å². The van der Waals surface area contributed by atoms with Gasteiger partial charge < -0.3 is 10.6 Å². The SMILES string of the molecule is O=C(CSc1nc2c(n1-c1ccccc1)CCCC2)NCC(=O)Nc1ccc(F)c(F)c1. The Labute approximate surface area is 188 Å². The smallest absolute Gasteiger partial charge is 0.243 e. The summed E-state index contributed by atoms with van der Waals surface area (Å²) >= 11 is 1.32. The summed E-state index contributed by atoms with van der Waals surface area (Å²) in [6.45, 7) is -0.276. The van der Waals surface area contributed by atoms with E-state index in [4.69, 9.17) is 4.98 Å². The molecule has 1 aliphatic carbocycles. The van der Waals surface area contributed by atoms with Crippen molar-refractivity contribution >= 4 is 29.3 Å². The van der Waals surface area contributed by atoms with Crippen LogP contribution in [0.15, 0.2) is 53.7 Å². The van der Waals surface area contributed by atoms with Gasteiger partial charge in [0.05, 0.1) is 18.0 Å². The Morgan fingerprint density at radius 1 is 1.00 bits per heavy atom. The van der Waals surface area contributed by atoms with Crippen LogP contribution in [0.5, 0.6) is 0 Å². The van der Waals surface area contributed by atoms with Crippen LogP contribution in [0.25, 0.3) is 5.69 Å². The van der Waals surface area contributed by atoms with E-state index in [-0.39, 0.29) is 23.9 Å². The molecule has 6 nitrogen and oxygen atoms in total. The van der Waals surface area contributed by atoms with E-state index in [0.29, 0.717) is 0 Å². The lowest BCUT2D eigenvalue weighted by atomic mass is 10.0. The van der Waals surface area contributed by atoms with Crippen LogP contribution in [0.1, 0.15) is 24.2 Å². The zero-order valence-corrected chi connectivity index (χ0v) is 18.1. The van der Waals surface area contributed by atoms with Crippen LogP contribution in [0.2, 0.25) is 0 Å². The number of fused-ring (bicyclic) bond motifs is 1. The fourth-order valence-electron chi connectivity index (χ4n) is 3.59. The average molecular weight is 457 g/mol. The van der Waals surface area contributed by atoms with Gasteiger partial charge in [0.2, 0.25) is 11.8 Å². The number of nitrogens with one attached hydrogen (secondary N) is 2. The average Bonchev–Trinajstić information content (AvgIpc) is 3.18. The second-order valence-electron chi connectivity index (χ2n) is 7.41. The van der Waals surface area contributed by atoms with Gasteiger partial charge in [0.25, 0.3) is 0 Å². The number of anilines is 1. The molecule has 1 heterocycles. The molecule has 0 saturated heterocycles. The predicted molar refractivity (Wildman–Crippen MR) is 119 cm³/mol. The van der Waals surface area contributed by atoms with E-state index in [1.54, 1.807) is 0 Å². The number of aryl methyl sites for hydroxylation is 1. The molecule has 0 atom stereocenters. The monoisotopic (exact) mass is 456 g/mol. The van der Waals surface area contributed by atoms with E-state index in [1.807, 2.05) is 30.3 Å². The van der Waals surface area contributed by atoms with Crippen molar-refractivity contribution in [3.05, 3.63) is 71.6 Å². The number of amides is 2. The normalized spacial score (nSPS) is 12.8. The Morgan fingerprint density at radius 2 is 1.78 bits per heavy atom. The number of hydrogen-bond acceptors (Lipinski definition) is 4. The zero-order valence-electron chi connectivity index (χ0n) is 17.2. The maximum absolute atomic E-state index is 13.2. The lowest BCUT2D eigenvalue weighted by molar-refractivity contribution is -0.122. The van der Waals surface area contributed by atoms with Crippen molar-refractivity contribution < 1.29 is 18.4 Å². The van der Waals surface area contributed by atoms with Gasteiger partial charge in [-0.1, -0.05) is 30.0 Å². The first-order valence-corrected chi connectivity index (χ1v) is 11.3. The molecule has 32 heavy (non-hydrogen) atoms. The summed E-state index contributed by atoms with van der Waals surface area (Å²) in [5, 5.41) is 5.72. The minimum Gasteiger partial charge on any atom is -0.346 e. The van der Waals surface area contributed by atoms with Gasteiger partial charge in [0.1, 0.15) is 0 Å². The first kappa shape index (κ1) is 22.0. The lowest BCUT2D eigenvalue weighted by Gasteiger charge is -2.15. The molecule has 0 unspecified atom stereocenters. The van der Waals surface area contributed by atoms with E-state index in [9.17, 15) is 18.4 Å². The van der Waals surface area contributed by atoms with Crippen LogP contribution in [-0.4, -0.2) is 33.7 Å². The van der Waals surface area contributed by atoms with Crippen LogP contribution in [-0.2, 0) is 22.4 Å². The maximum Gasteiger partial charge on any atom is 0.243 e. The highest BCUT2D eigenvalue weighted by atomic mass is 32.2. The number of carbonyl (C=O) groups excluding carboxylic acids is 2. The Bertz CT molecular complexity index is 1130.